The highest BCUT2D eigenvalue weighted by molar-refractivity contribution is 5.90. The predicted molar refractivity (Wildman–Crippen MR) is 81.6 cm³/mol. The van der Waals surface area contributed by atoms with Crippen molar-refractivity contribution < 1.29 is 24.2 Å². The minimum Gasteiger partial charge on any atom is -0.478 e. The van der Waals surface area contributed by atoms with Gasteiger partial charge in [0, 0.05) is 13.2 Å². The fraction of sp³-hybridized carbons (Fsp3) is 0.412. The summed E-state index contributed by atoms with van der Waals surface area (Å²) in [6, 6.07) is 6.67. The fourth-order valence-electron chi connectivity index (χ4n) is 2.50. The summed E-state index contributed by atoms with van der Waals surface area (Å²) in [5.74, 6) is -1.34. The summed E-state index contributed by atoms with van der Waals surface area (Å²) < 4.78 is 10.8. The monoisotopic (exact) mass is 304 g/mol. The first kappa shape index (κ1) is 16.2. The van der Waals surface area contributed by atoms with Crippen molar-refractivity contribution in [3.8, 4) is 0 Å². The number of ether oxygens (including phenoxy) is 2. The second-order valence-corrected chi connectivity index (χ2v) is 5.33. The maximum absolute atomic E-state index is 12.1. The number of carboxylic acid groups (broad SMARTS) is 1. The van der Waals surface area contributed by atoms with E-state index in [1.165, 1.54) is 6.08 Å². The predicted octanol–water partition coefficient (Wildman–Crippen LogP) is 2.90. The van der Waals surface area contributed by atoms with Crippen LogP contribution < -0.4 is 0 Å². The molecule has 1 saturated carbocycles. The molecule has 1 aliphatic carbocycles. The fourth-order valence-corrected chi connectivity index (χ4v) is 2.50. The number of carbonyl (C=O) groups excluding carboxylic acids is 1. The van der Waals surface area contributed by atoms with Crippen LogP contribution >= 0.6 is 0 Å². The summed E-state index contributed by atoms with van der Waals surface area (Å²) in [5.41, 5.74) is 1.20. The minimum absolute atomic E-state index is 0.0505. The molecule has 0 radical (unpaired) electrons. The molecule has 0 aliphatic heterocycles. The molecule has 0 saturated heterocycles. The summed E-state index contributed by atoms with van der Waals surface area (Å²) in [6.45, 7) is 0. The van der Waals surface area contributed by atoms with Gasteiger partial charge in [-0.3, -0.25) is 0 Å². The van der Waals surface area contributed by atoms with Crippen LogP contribution in [0.15, 0.2) is 30.3 Å². The first-order chi connectivity index (χ1) is 10.6. The number of methoxy groups -OCH3 is 1. The molecule has 0 aromatic heterocycles. The first-order valence-electron chi connectivity index (χ1n) is 7.33. The third kappa shape index (κ3) is 4.70. The van der Waals surface area contributed by atoms with E-state index in [9.17, 15) is 9.59 Å². The van der Waals surface area contributed by atoms with Crippen LogP contribution in [0, 0.1) is 0 Å². The number of hydrogen-bond donors (Lipinski definition) is 1. The molecule has 1 aromatic rings. The van der Waals surface area contributed by atoms with Gasteiger partial charge in [0.1, 0.15) is 6.10 Å². The average molecular weight is 304 g/mol. The highest BCUT2D eigenvalue weighted by Gasteiger charge is 2.24. The van der Waals surface area contributed by atoms with Crippen molar-refractivity contribution in [2.45, 2.75) is 37.9 Å². The number of aliphatic carboxylic acids is 1. The maximum Gasteiger partial charge on any atom is 0.338 e. The molecule has 5 nitrogen and oxygen atoms in total. The molecule has 0 spiro atoms. The normalized spacial score (nSPS) is 21.7. The van der Waals surface area contributed by atoms with E-state index >= 15 is 0 Å². The Morgan fingerprint density at radius 2 is 1.68 bits per heavy atom. The lowest BCUT2D eigenvalue weighted by atomic mass is 9.95. The summed E-state index contributed by atoms with van der Waals surface area (Å²) in [6.07, 6.45) is 6.22. The maximum atomic E-state index is 12.1. The van der Waals surface area contributed by atoms with E-state index in [0.717, 1.165) is 37.3 Å². The van der Waals surface area contributed by atoms with E-state index < -0.39 is 5.97 Å². The van der Waals surface area contributed by atoms with E-state index in [0.29, 0.717) is 5.56 Å². The highest BCUT2D eigenvalue weighted by Crippen LogP contribution is 2.23. The quantitative estimate of drug-likeness (QED) is 0.669. The lowest BCUT2D eigenvalue weighted by molar-refractivity contribution is -0.131. The molecular formula is C17H20O5. The molecule has 5 heteroatoms. The smallest absolute Gasteiger partial charge is 0.338 e. The number of carbonyl (C=O) groups is 2. The molecule has 0 heterocycles. The molecule has 22 heavy (non-hydrogen) atoms. The van der Waals surface area contributed by atoms with E-state index in [2.05, 4.69) is 0 Å². The topological polar surface area (TPSA) is 72.8 Å². The van der Waals surface area contributed by atoms with Crippen LogP contribution in [-0.4, -0.2) is 36.4 Å². The van der Waals surface area contributed by atoms with Gasteiger partial charge in [-0.25, -0.2) is 9.59 Å². The van der Waals surface area contributed by atoms with Gasteiger partial charge in [0.15, 0.2) is 0 Å². The van der Waals surface area contributed by atoms with Crippen molar-refractivity contribution >= 4 is 18.0 Å². The highest BCUT2D eigenvalue weighted by atomic mass is 16.5. The lowest BCUT2D eigenvalue weighted by Crippen LogP contribution is -2.27. The second kappa shape index (κ2) is 7.75. The number of carboxylic acids is 1. The molecule has 1 fully saturated rings. The zero-order valence-electron chi connectivity index (χ0n) is 12.5. The van der Waals surface area contributed by atoms with Gasteiger partial charge in [-0.05, 0) is 49.5 Å². The Labute approximate surface area is 129 Å². The zero-order valence-corrected chi connectivity index (χ0v) is 12.5. The molecule has 1 aliphatic rings. The largest absolute Gasteiger partial charge is 0.478 e. The van der Waals surface area contributed by atoms with Crippen molar-refractivity contribution in [1.82, 2.24) is 0 Å². The number of benzene rings is 1. The molecule has 2 rings (SSSR count). The van der Waals surface area contributed by atoms with Crippen LogP contribution in [0.25, 0.3) is 6.08 Å². The summed E-state index contributed by atoms with van der Waals surface area (Å²) in [4.78, 5) is 22.5. The van der Waals surface area contributed by atoms with Crippen LogP contribution in [0.2, 0.25) is 0 Å². The van der Waals surface area contributed by atoms with Gasteiger partial charge in [-0.2, -0.15) is 0 Å². The summed E-state index contributed by atoms with van der Waals surface area (Å²) in [5, 5.41) is 8.57. The third-order valence-corrected chi connectivity index (χ3v) is 3.79. The van der Waals surface area contributed by atoms with Crippen molar-refractivity contribution in [2.75, 3.05) is 7.11 Å². The number of esters is 1. The molecule has 0 unspecified atom stereocenters. The Morgan fingerprint density at radius 3 is 2.23 bits per heavy atom. The summed E-state index contributed by atoms with van der Waals surface area (Å²) >= 11 is 0. The van der Waals surface area contributed by atoms with Gasteiger partial charge < -0.3 is 14.6 Å². The van der Waals surface area contributed by atoms with Crippen molar-refractivity contribution in [1.29, 1.82) is 0 Å². The molecule has 0 amide bonds. The van der Waals surface area contributed by atoms with Gasteiger partial charge in [-0.15, -0.1) is 0 Å². The van der Waals surface area contributed by atoms with Gasteiger partial charge in [0.05, 0.1) is 11.7 Å². The second-order valence-electron chi connectivity index (χ2n) is 5.33. The Bertz CT molecular complexity index is 539. The van der Waals surface area contributed by atoms with E-state index in [-0.39, 0.29) is 18.2 Å². The van der Waals surface area contributed by atoms with Gasteiger partial charge >= 0.3 is 11.9 Å². The number of hydrogen-bond acceptors (Lipinski definition) is 4. The lowest BCUT2D eigenvalue weighted by Gasteiger charge is -2.27. The first-order valence-corrected chi connectivity index (χ1v) is 7.33. The molecule has 0 bridgehead atoms. The molecular weight excluding hydrogens is 284 g/mol. The van der Waals surface area contributed by atoms with Crippen molar-refractivity contribution in [3.63, 3.8) is 0 Å². The molecule has 118 valence electrons. The van der Waals surface area contributed by atoms with E-state index in [4.69, 9.17) is 14.6 Å². The number of rotatable bonds is 5. The standard InChI is InChI=1S/C17H20O5/c1-21-14-7-9-15(10-8-14)22-17(20)13-5-2-12(3-6-13)4-11-16(18)19/h2-6,11,14-15H,7-10H2,1H3,(H,18,19)/b11-4+. The molecule has 1 aromatic carbocycles. The molecule has 1 N–H and O–H groups in total. The zero-order chi connectivity index (χ0) is 15.9. The van der Waals surface area contributed by atoms with Crippen molar-refractivity contribution in [3.05, 3.63) is 41.5 Å². The van der Waals surface area contributed by atoms with Gasteiger partial charge in [0.25, 0.3) is 0 Å². The van der Waals surface area contributed by atoms with Gasteiger partial charge in [-0.1, -0.05) is 12.1 Å². The Hall–Kier alpha value is -2.14. The summed E-state index contributed by atoms with van der Waals surface area (Å²) in [7, 11) is 1.71. The van der Waals surface area contributed by atoms with Crippen molar-refractivity contribution in [2.24, 2.45) is 0 Å². The Kier molecular flexibility index (Phi) is 5.72. The Morgan fingerprint density at radius 1 is 1.09 bits per heavy atom. The van der Waals surface area contributed by atoms with Gasteiger partial charge in [0.2, 0.25) is 0 Å². The van der Waals surface area contributed by atoms with Crippen LogP contribution in [0.1, 0.15) is 41.6 Å². The van der Waals surface area contributed by atoms with Crippen LogP contribution in [0.5, 0.6) is 0 Å². The average Bonchev–Trinajstić information content (AvgIpc) is 2.54. The van der Waals surface area contributed by atoms with Crippen LogP contribution in [0.4, 0.5) is 0 Å². The SMILES string of the molecule is COC1CCC(OC(=O)c2ccc(/C=C/C(=O)O)cc2)CC1. The van der Waals surface area contributed by atoms with Crippen LogP contribution in [0.3, 0.4) is 0 Å². The van der Waals surface area contributed by atoms with E-state index in [1.807, 2.05) is 0 Å². The Balaban J connectivity index is 1.89. The molecule has 0 atom stereocenters. The van der Waals surface area contributed by atoms with Crippen LogP contribution in [-0.2, 0) is 14.3 Å². The third-order valence-electron chi connectivity index (χ3n) is 3.79. The van der Waals surface area contributed by atoms with E-state index in [1.54, 1.807) is 31.4 Å². The minimum atomic E-state index is -1.00.